The number of aromatic nitrogens is 1. The highest BCUT2D eigenvalue weighted by Crippen LogP contribution is 2.13. The Morgan fingerprint density at radius 3 is 3.10 bits per heavy atom. The molecule has 2 aromatic rings. The molecule has 2 heterocycles. The third-order valence-electron chi connectivity index (χ3n) is 2.61. The molecule has 0 saturated heterocycles. The van der Waals surface area contributed by atoms with Crippen molar-refractivity contribution in [2.24, 2.45) is 0 Å². The highest BCUT2D eigenvalue weighted by molar-refractivity contribution is 7.10. The second-order valence-electron chi connectivity index (χ2n) is 4.17. The minimum absolute atomic E-state index is 0.0473. The lowest BCUT2D eigenvalue weighted by molar-refractivity contribution is 0.0950. The molecule has 0 atom stereocenters. The summed E-state index contributed by atoms with van der Waals surface area (Å²) in [6.07, 6.45) is 1.93. The number of nitrogens with one attached hydrogen (secondary N) is 2. The van der Waals surface area contributed by atoms with Gasteiger partial charge in [0.1, 0.15) is 5.56 Å². The maximum absolute atomic E-state index is 11.9. The van der Waals surface area contributed by atoms with Gasteiger partial charge >= 0.3 is 0 Å². The summed E-state index contributed by atoms with van der Waals surface area (Å²) in [4.78, 5) is 26.8. The van der Waals surface area contributed by atoms with Crippen molar-refractivity contribution < 1.29 is 9.90 Å². The van der Waals surface area contributed by atoms with Gasteiger partial charge in [0.05, 0.1) is 13.2 Å². The van der Waals surface area contributed by atoms with Crippen LogP contribution in [-0.4, -0.2) is 22.6 Å². The first kappa shape index (κ1) is 15.0. The van der Waals surface area contributed by atoms with Crippen LogP contribution >= 0.6 is 11.3 Å². The highest BCUT2D eigenvalue weighted by Gasteiger charge is 2.09. The Hall–Kier alpha value is -2.36. The molecule has 3 N–H and O–H groups in total. The van der Waals surface area contributed by atoms with Gasteiger partial charge in [-0.2, -0.15) is 0 Å². The predicted octanol–water partition coefficient (Wildman–Crippen LogP) is 1.10. The molecule has 0 aliphatic carbocycles. The van der Waals surface area contributed by atoms with E-state index < -0.39 is 11.5 Å². The number of amides is 1. The Morgan fingerprint density at radius 1 is 1.48 bits per heavy atom. The van der Waals surface area contributed by atoms with E-state index >= 15 is 0 Å². The van der Waals surface area contributed by atoms with E-state index in [0.717, 1.165) is 10.4 Å². The smallest absolute Gasteiger partial charge is 0.260 e. The quantitative estimate of drug-likeness (QED) is 0.740. The molecule has 0 aliphatic rings. The lowest BCUT2D eigenvalue weighted by Crippen LogP contribution is -2.28. The summed E-state index contributed by atoms with van der Waals surface area (Å²) in [6, 6.07) is 4.97. The van der Waals surface area contributed by atoms with Crippen molar-refractivity contribution in [1.82, 2.24) is 10.3 Å². The Labute approximate surface area is 125 Å². The molecule has 2 aromatic heterocycles. The van der Waals surface area contributed by atoms with Crippen molar-refractivity contribution in [3.8, 4) is 11.8 Å². The van der Waals surface area contributed by atoms with E-state index in [9.17, 15) is 9.59 Å². The van der Waals surface area contributed by atoms with E-state index in [2.05, 4.69) is 22.1 Å². The first-order valence-electron chi connectivity index (χ1n) is 6.34. The SMILES string of the molecule is O=C(NCc1cc(C#CCCO)cs1)c1ccc[nH]c1=O. The third-order valence-corrected chi connectivity index (χ3v) is 3.55. The number of hydrogen-bond donors (Lipinski definition) is 3. The van der Waals surface area contributed by atoms with Crippen molar-refractivity contribution in [3.05, 3.63) is 56.1 Å². The van der Waals surface area contributed by atoms with Gasteiger partial charge in [0.25, 0.3) is 11.5 Å². The molecule has 0 radical (unpaired) electrons. The van der Waals surface area contributed by atoms with Crippen LogP contribution in [0, 0.1) is 11.8 Å². The summed E-state index contributed by atoms with van der Waals surface area (Å²) in [5.41, 5.74) is 0.545. The van der Waals surface area contributed by atoms with Crippen LogP contribution in [0.4, 0.5) is 0 Å². The molecule has 0 spiro atoms. The topological polar surface area (TPSA) is 82.2 Å². The third kappa shape index (κ3) is 4.31. The Kier molecular flexibility index (Phi) is 5.32. The number of H-pyrrole nitrogens is 1. The number of pyridine rings is 1. The number of carbonyl (C=O) groups excluding carboxylic acids is 1. The molecule has 5 nitrogen and oxygen atoms in total. The molecule has 0 bridgehead atoms. The van der Waals surface area contributed by atoms with Crippen LogP contribution in [-0.2, 0) is 6.54 Å². The standard InChI is InChI=1S/C15H14N2O3S/c18-7-2-1-4-11-8-12(21-10-11)9-17-15(20)13-5-3-6-16-14(13)19/h3,5-6,8,10,18H,2,7,9H2,(H,16,19)(H,17,20). The fraction of sp³-hybridized carbons (Fsp3) is 0.200. The minimum atomic E-state index is -0.406. The maximum Gasteiger partial charge on any atom is 0.260 e. The van der Waals surface area contributed by atoms with Crippen LogP contribution in [0.5, 0.6) is 0 Å². The second kappa shape index (κ2) is 7.43. The lowest BCUT2D eigenvalue weighted by atomic mass is 10.2. The van der Waals surface area contributed by atoms with E-state index in [1.807, 2.05) is 11.4 Å². The lowest BCUT2D eigenvalue weighted by Gasteiger charge is -2.02. The first-order chi connectivity index (χ1) is 10.2. The Balaban J connectivity index is 1.95. The average molecular weight is 302 g/mol. The van der Waals surface area contributed by atoms with E-state index in [1.165, 1.54) is 23.6 Å². The summed E-state index contributed by atoms with van der Waals surface area (Å²) >= 11 is 1.48. The molecule has 108 valence electrons. The van der Waals surface area contributed by atoms with Gasteiger partial charge in [-0.25, -0.2) is 0 Å². The first-order valence-corrected chi connectivity index (χ1v) is 7.21. The number of carbonyl (C=O) groups is 1. The zero-order valence-corrected chi connectivity index (χ0v) is 12.0. The molecule has 0 saturated carbocycles. The van der Waals surface area contributed by atoms with Crippen molar-refractivity contribution in [3.63, 3.8) is 0 Å². The van der Waals surface area contributed by atoms with Crippen LogP contribution in [0.25, 0.3) is 0 Å². The fourth-order valence-electron chi connectivity index (χ4n) is 1.62. The summed E-state index contributed by atoms with van der Waals surface area (Å²) in [5.74, 6) is 5.36. The van der Waals surface area contributed by atoms with Crippen molar-refractivity contribution in [2.75, 3.05) is 6.61 Å². The van der Waals surface area contributed by atoms with Crippen molar-refractivity contribution in [2.45, 2.75) is 13.0 Å². The molecule has 0 unspecified atom stereocenters. The van der Waals surface area contributed by atoms with Crippen LogP contribution in [0.1, 0.15) is 27.2 Å². The van der Waals surface area contributed by atoms with Gasteiger partial charge in [0, 0.05) is 28.4 Å². The number of aliphatic hydroxyl groups is 1. The second-order valence-corrected chi connectivity index (χ2v) is 5.17. The number of hydrogen-bond acceptors (Lipinski definition) is 4. The van der Waals surface area contributed by atoms with Gasteiger partial charge in [-0.1, -0.05) is 11.8 Å². The van der Waals surface area contributed by atoms with Crippen LogP contribution in [0.2, 0.25) is 0 Å². The summed E-state index contributed by atoms with van der Waals surface area (Å²) in [7, 11) is 0. The van der Waals surface area contributed by atoms with Crippen molar-refractivity contribution in [1.29, 1.82) is 0 Å². The molecular formula is C15H14N2O3S. The molecule has 0 aliphatic heterocycles. The number of thiophene rings is 1. The minimum Gasteiger partial charge on any atom is -0.395 e. The highest BCUT2D eigenvalue weighted by atomic mass is 32.1. The monoisotopic (exact) mass is 302 g/mol. The Bertz CT molecular complexity index is 737. The van der Waals surface area contributed by atoms with Gasteiger partial charge in [-0.15, -0.1) is 11.3 Å². The number of aliphatic hydroxyl groups excluding tert-OH is 1. The maximum atomic E-state index is 11.9. The largest absolute Gasteiger partial charge is 0.395 e. The fourth-order valence-corrected chi connectivity index (χ4v) is 2.38. The molecule has 2 rings (SSSR count). The van der Waals surface area contributed by atoms with Gasteiger partial charge in [0.15, 0.2) is 0 Å². The van der Waals surface area contributed by atoms with Crippen LogP contribution < -0.4 is 10.9 Å². The predicted molar refractivity (Wildman–Crippen MR) is 81.1 cm³/mol. The summed E-state index contributed by atoms with van der Waals surface area (Å²) < 4.78 is 0. The van der Waals surface area contributed by atoms with Gasteiger partial charge in [-0.3, -0.25) is 9.59 Å². The number of aromatic amines is 1. The van der Waals surface area contributed by atoms with Crippen molar-refractivity contribution >= 4 is 17.2 Å². The van der Waals surface area contributed by atoms with Crippen LogP contribution in [0.15, 0.2) is 34.6 Å². The van der Waals surface area contributed by atoms with Gasteiger partial charge < -0.3 is 15.4 Å². The molecule has 6 heteroatoms. The average Bonchev–Trinajstić information content (AvgIpc) is 2.93. The zero-order valence-electron chi connectivity index (χ0n) is 11.2. The van der Waals surface area contributed by atoms with Gasteiger partial charge in [-0.05, 0) is 18.2 Å². The molecule has 21 heavy (non-hydrogen) atoms. The molecule has 1 amide bonds. The summed E-state index contributed by atoms with van der Waals surface area (Å²) in [6.45, 7) is 0.394. The number of rotatable bonds is 4. The molecule has 0 aromatic carbocycles. The Morgan fingerprint density at radius 2 is 2.33 bits per heavy atom. The van der Waals surface area contributed by atoms with Gasteiger partial charge in [0.2, 0.25) is 0 Å². The normalized spacial score (nSPS) is 9.76. The zero-order chi connectivity index (χ0) is 15.1. The van der Waals surface area contributed by atoms with E-state index in [-0.39, 0.29) is 12.2 Å². The van der Waals surface area contributed by atoms with E-state index in [0.29, 0.717) is 13.0 Å². The summed E-state index contributed by atoms with van der Waals surface area (Å²) in [5, 5.41) is 13.2. The molecular weight excluding hydrogens is 288 g/mol. The molecule has 0 fully saturated rings. The van der Waals surface area contributed by atoms with E-state index in [4.69, 9.17) is 5.11 Å². The van der Waals surface area contributed by atoms with Crippen LogP contribution in [0.3, 0.4) is 0 Å². The van der Waals surface area contributed by atoms with E-state index in [1.54, 1.807) is 6.07 Å².